The summed E-state index contributed by atoms with van der Waals surface area (Å²) in [6.45, 7) is 1.43. The van der Waals surface area contributed by atoms with Gasteiger partial charge in [0.15, 0.2) is 6.29 Å². The third-order valence-corrected chi connectivity index (χ3v) is 3.03. The molecule has 1 aliphatic heterocycles. The zero-order valence-electron chi connectivity index (χ0n) is 9.32. The van der Waals surface area contributed by atoms with Crippen LogP contribution < -0.4 is 0 Å². The van der Waals surface area contributed by atoms with Gasteiger partial charge < -0.3 is 9.47 Å². The average molecular weight is 241 g/mol. The maximum Gasteiger partial charge on any atom is 0.158 e. The van der Waals surface area contributed by atoms with Crippen molar-refractivity contribution in [1.82, 2.24) is 0 Å². The topological polar surface area (TPSA) is 18.5 Å². The van der Waals surface area contributed by atoms with Crippen LogP contribution in [0.4, 0.5) is 0 Å². The molecule has 0 N–H and O–H groups in total. The predicted octanol–water partition coefficient (Wildman–Crippen LogP) is 3.47. The second-order valence-electron chi connectivity index (χ2n) is 4.06. The van der Waals surface area contributed by atoms with E-state index in [0.29, 0.717) is 12.5 Å². The molecule has 1 fully saturated rings. The van der Waals surface area contributed by atoms with Crippen LogP contribution in [-0.4, -0.2) is 12.9 Å². The Balaban J connectivity index is 1.83. The SMILES string of the molecule is ClCc1cccc(COC2CCCCO2)c1. The Morgan fingerprint density at radius 1 is 1.31 bits per heavy atom. The number of hydrogen-bond acceptors (Lipinski definition) is 2. The van der Waals surface area contributed by atoms with Crippen molar-refractivity contribution in [2.45, 2.75) is 38.0 Å². The van der Waals surface area contributed by atoms with E-state index in [4.69, 9.17) is 21.1 Å². The van der Waals surface area contributed by atoms with Crippen molar-refractivity contribution in [2.75, 3.05) is 6.61 Å². The van der Waals surface area contributed by atoms with Crippen molar-refractivity contribution < 1.29 is 9.47 Å². The Morgan fingerprint density at radius 2 is 2.19 bits per heavy atom. The van der Waals surface area contributed by atoms with Crippen LogP contribution in [0.25, 0.3) is 0 Å². The van der Waals surface area contributed by atoms with E-state index in [9.17, 15) is 0 Å². The fourth-order valence-corrected chi connectivity index (χ4v) is 2.00. The van der Waals surface area contributed by atoms with Crippen molar-refractivity contribution in [3.63, 3.8) is 0 Å². The third kappa shape index (κ3) is 3.48. The fraction of sp³-hybridized carbons (Fsp3) is 0.538. The Bertz CT molecular complexity index is 321. The molecule has 0 amide bonds. The summed E-state index contributed by atoms with van der Waals surface area (Å²) >= 11 is 5.78. The van der Waals surface area contributed by atoms with Crippen LogP contribution in [0, 0.1) is 0 Å². The zero-order valence-corrected chi connectivity index (χ0v) is 10.1. The molecule has 3 heteroatoms. The first-order chi connectivity index (χ1) is 7.88. The lowest BCUT2D eigenvalue weighted by atomic mass is 10.1. The first kappa shape index (κ1) is 11.9. The van der Waals surface area contributed by atoms with Crippen LogP contribution >= 0.6 is 11.6 Å². The minimum absolute atomic E-state index is 0.0200. The van der Waals surface area contributed by atoms with Crippen LogP contribution in [-0.2, 0) is 22.0 Å². The van der Waals surface area contributed by atoms with Crippen molar-refractivity contribution in [2.24, 2.45) is 0 Å². The monoisotopic (exact) mass is 240 g/mol. The van der Waals surface area contributed by atoms with E-state index in [-0.39, 0.29) is 6.29 Å². The van der Waals surface area contributed by atoms with Gasteiger partial charge in [-0.05, 0) is 30.4 Å². The standard InChI is InChI=1S/C13H17ClO2/c14-9-11-4-3-5-12(8-11)10-16-13-6-1-2-7-15-13/h3-5,8,13H,1-2,6-7,9-10H2. The first-order valence-corrected chi connectivity index (χ1v) is 6.29. The van der Waals surface area contributed by atoms with Gasteiger partial charge in [0, 0.05) is 12.5 Å². The van der Waals surface area contributed by atoms with Gasteiger partial charge in [0.1, 0.15) is 0 Å². The highest BCUT2D eigenvalue weighted by Gasteiger charge is 2.13. The first-order valence-electron chi connectivity index (χ1n) is 5.75. The van der Waals surface area contributed by atoms with E-state index in [1.807, 2.05) is 12.1 Å². The van der Waals surface area contributed by atoms with E-state index in [0.717, 1.165) is 30.6 Å². The molecule has 1 aromatic carbocycles. The second kappa shape index (κ2) is 6.24. The number of ether oxygens (including phenoxy) is 2. The normalized spacial score (nSPS) is 20.9. The predicted molar refractivity (Wildman–Crippen MR) is 64.4 cm³/mol. The second-order valence-corrected chi connectivity index (χ2v) is 4.33. The van der Waals surface area contributed by atoms with Crippen LogP contribution in [0.2, 0.25) is 0 Å². The summed E-state index contributed by atoms with van der Waals surface area (Å²) in [6, 6.07) is 8.17. The maximum absolute atomic E-state index is 5.78. The van der Waals surface area contributed by atoms with Gasteiger partial charge in [0.2, 0.25) is 0 Å². The van der Waals surface area contributed by atoms with Crippen LogP contribution in [0.3, 0.4) is 0 Å². The molecule has 0 radical (unpaired) electrons. The molecule has 0 spiro atoms. The van der Waals surface area contributed by atoms with Gasteiger partial charge in [0.05, 0.1) is 6.61 Å². The number of rotatable bonds is 4. The quantitative estimate of drug-likeness (QED) is 0.751. The molecule has 1 aromatic rings. The van der Waals surface area contributed by atoms with Crippen LogP contribution in [0.5, 0.6) is 0 Å². The molecule has 1 heterocycles. The maximum atomic E-state index is 5.78. The van der Waals surface area contributed by atoms with Crippen molar-refractivity contribution in [1.29, 1.82) is 0 Å². The van der Waals surface area contributed by atoms with E-state index in [1.54, 1.807) is 0 Å². The Hall–Kier alpha value is -0.570. The van der Waals surface area contributed by atoms with Crippen molar-refractivity contribution >= 4 is 11.6 Å². The Kier molecular flexibility index (Phi) is 4.64. The highest BCUT2D eigenvalue weighted by atomic mass is 35.5. The molecule has 0 aromatic heterocycles. The smallest absolute Gasteiger partial charge is 0.158 e. The van der Waals surface area contributed by atoms with E-state index in [1.165, 1.54) is 6.42 Å². The molecule has 2 nitrogen and oxygen atoms in total. The van der Waals surface area contributed by atoms with E-state index in [2.05, 4.69) is 12.1 Å². The van der Waals surface area contributed by atoms with Crippen molar-refractivity contribution in [3.8, 4) is 0 Å². The molecule has 16 heavy (non-hydrogen) atoms. The highest BCUT2D eigenvalue weighted by molar-refractivity contribution is 6.17. The largest absolute Gasteiger partial charge is 0.353 e. The Labute approximate surface area is 102 Å². The molecule has 0 bridgehead atoms. The third-order valence-electron chi connectivity index (χ3n) is 2.72. The highest BCUT2D eigenvalue weighted by Crippen LogP contribution is 2.16. The zero-order chi connectivity index (χ0) is 11.2. The molecular formula is C13H17ClO2. The lowest BCUT2D eigenvalue weighted by Gasteiger charge is -2.22. The molecule has 1 atom stereocenters. The number of hydrogen-bond donors (Lipinski definition) is 0. The molecular weight excluding hydrogens is 224 g/mol. The van der Waals surface area contributed by atoms with Crippen LogP contribution in [0.1, 0.15) is 30.4 Å². The van der Waals surface area contributed by atoms with Gasteiger partial charge in [-0.1, -0.05) is 24.3 Å². The van der Waals surface area contributed by atoms with Gasteiger partial charge >= 0.3 is 0 Å². The van der Waals surface area contributed by atoms with Gasteiger partial charge in [-0.3, -0.25) is 0 Å². The summed E-state index contributed by atoms with van der Waals surface area (Å²) in [5.74, 6) is 0.549. The number of benzene rings is 1. The summed E-state index contributed by atoms with van der Waals surface area (Å²) in [4.78, 5) is 0. The summed E-state index contributed by atoms with van der Waals surface area (Å²) in [5, 5.41) is 0. The van der Waals surface area contributed by atoms with Crippen molar-refractivity contribution in [3.05, 3.63) is 35.4 Å². The fourth-order valence-electron chi connectivity index (χ4n) is 1.83. The van der Waals surface area contributed by atoms with Gasteiger partial charge in [-0.25, -0.2) is 0 Å². The minimum Gasteiger partial charge on any atom is -0.353 e. The lowest BCUT2D eigenvalue weighted by Crippen LogP contribution is -2.21. The van der Waals surface area contributed by atoms with E-state index >= 15 is 0 Å². The summed E-state index contributed by atoms with van der Waals surface area (Å²) < 4.78 is 11.2. The molecule has 88 valence electrons. The van der Waals surface area contributed by atoms with Gasteiger partial charge in [-0.15, -0.1) is 11.6 Å². The van der Waals surface area contributed by atoms with Gasteiger partial charge in [0.25, 0.3) is 0 Å². The number of halogens is 1. The van der Waals surface area contributed by atoms with E-state index < -0.39 is 0 Å². The summed E-state index contributed by atoms with van der Waals surface area (Å²) in [6.07, 6.45) is 3.34. The van der Waals surface area contributed by atoms with Crippen LogP contribution in [0.15, 0.2) is 24.3 Å². The minimum atomic E-state index is -0.0200. The summed E-state index contributed by atoms with van der Waals surface area (Å²) in [7, 11) is 0. The number of alkyl halides is 1. The lowest BCUT2D eigenvalue weighted by molar-refractivity contribution is -0.168. The summed E-state index contributed by atoms with van der Waals surface area (Å²) in [5.41, 5.74) is 2.29. The molecule has 0 aliphatic carbocycles. The van der Waals surface area contributed by atoms with Gasteiger partial charge in [-0.2, -0.15) is 0 Å². The molecule has 1 aliphatic rings. The molecule has 0 saturated carbocycles. The average Bonchev–Trinajstić information content (AvgIpc) is 2.38. The molecule has 1 unspecified atom stereocenters. The Morgan fingerprint density at radius 3 is 2.94 bits per heavy atom. The molecule has 2 rings (SSSR count). The molecule has 1 saturated heterocycles.